The summed E-state index contributed by atoms with van der Waals surface area (Å²) in [6.45, 7) is 2.06. The van der Waals surface area contributed by atoms with Crippen LogP contribution in [0.2, 0.25) is 0 Å². The molecule has 2 fully saturated rings. The molecule has 6 heteroatoms. The first kappa shape index (κ1) is 14.5. The Bertz CT molecular complexity index is 360. The number of urea groups is 1. The van der Waals surface area contributed by atoms with Gasteiger partial charge in [0.2, 0.25) is 0 Å². The standard InChI is InChI=1S/C13H22N2O3S/c1-3-5-11-15(10(8-19-11)12(16)17)13(18)14(2)9-6-4-7-9/h9-11H,3-8H2,1-2H3,(H,16,17). The zero-order valence-electron chi connectivity index (χ0n) is 11.5. The molecular formula is C13H22N2O3S. The SMILES string of the molecule is CCCC1SCC(C(=O)O)N1C(=O)N(C)C1CCC1. The summed E-state index contributed by atoms with van der Waals surface area (Å²) in [7, 11) is 1.80. The van der Waals surface area contributed by atoms with E-state index in [0.29, 0.717) is 11.8 Å². The average Bonchev–Trinajstić information content (AvgIpc) is 2.70. The van der Waals surface area contributed by atoms with Crippen LogP contribution in [0.1, 0.15) is 39.0 Å². The Kier molecular flexibility index (Phi) is 4.60. The largest absolute Gasteiger partial charge is 0.480 e. The third-order valence-corrected chi connectivity index (χ3v) is 5.41. The summed E-state index contributed by atoms with van der Waals surface area (Å²) in [6.07, 6.45) is 5.07. The van der Waals surface area contributed by atoms with Crippen molar-refractivity contribution in [2.24, 2.45) is 0 Å². The number of aliphatic carboxylic acids is 1. The highest BCUT2D eigenvalue weighted by Crippen LogP contribution is 2.34. The van der Waals surface area contributed by atoms with Gasteiger partial charge in [-0.15, -0.1) is 11.8 Å². The van der Waals surface area contributed by atoms with Gasteiger partial charge in [-0.1, -0.05) is 13.3 Å². The minimum absolute atomic E-state index is 0.0149. The van der Waals surface area contributed by atoms with Gasteiger partial charge in [0.25, 0.3) is 0 Å². The molecule has 0 spiro atoms. The molecule has 1 N–H and O–H groups in total. The molecule has 2 atom stereocenters. The Labute approximate surface area is 118 Å². The summed E-state index contributed by atoms with van der Waals surface area (Å²) in [5, 5.41) is 9.30. The van der Waals surface area contributed by atoms with E-state index in [2.05, 4.69) is 6.92 Å². The van der Waals surface area contributed by atoms with Crippen molar-refractivity contribution < 1.29 is 14.7 Å². The Morgan fingerprint density at radius 3 is 2.58 bits per heavy atom. The summed E-state index contributed by atoms with van der Waals surface area (Å²) in [4.78, 5) is 27.2. The number of hydrogen-bond donors (Lipinski definition) is 1. The number of amides is 2. The van der Waals surface area contributed by atoms with Crippen LogP contribution < -0.4 is 0 Å². The Balaban J connectivity index is 2.10. The molecule has 0 aromatic carbocycles. The van der Waals surface area contributed by atoms with Crippen LogP contribution in [-0.4, -0.2) is 57.2 Å². The van der Waals surface area contributed by atoms with Crippen LogP contribution in [0.3, 0.4) is 0 Å². The molecule has 0 bridgehead atoms. The molecular weight excluding hydrogens is 264 g/mol. The molecule has 1 saturated heterocycles. The molecule has 5 nitrogen and oxygen atoms in total. The highest BCUT2D eigenvalue weighted by molar-refractivity contribution is 8.00. The lowest BCUT2D eigenvalue weighted by Crippen LogP contribution is -2.54. The molecule has 0 aromatic heterocycles. The summed E-state index contributed by atoms with van der Waals surface area (Å²) in [6, 6.07) is -0.480. The van der Waals surface area contributed by atoms with E-state index < -0.39 is 12.0 Å². The predicted octanol–water partition coefficient (Wildman–Crippen LogP) is 2.22. The fourth-order valence-corrected chi connectivity index (χ4v) is 4.10. The van der Waals surface area contributed by atoms with Gasteiger partial charge in [-0.3, -0.25) is 4.90 Å². The van der Waals surface area contributed by atoms with Gasteiger partial charge in [0, 0.05) is 18.8 Å². The van der Waals surface area contributed by atoms with E-state index >= 15 is 0 Å². The van der Waals surface area contributed by atoms with Crippen molar-refractivity contribution in [2.75, 3.05) is 12.8 Å². The average molecular weight is 286 g/mol. The molecule has 0 radical (unpaired) electrons. The molecule has 1 heterocycles. The van der Waals surface area contributed by atoms with Gasteiger partial charge in [0.1, 0.15) is 6.04 Å². The number of carbonyl (C=O) groups is 2. The number of carbonyl (C=O) groups excluding carboxylic acids is 1. The quantitative estimate of drug-likeness (QED) is 0.861. The molecule has 1 aliphatic carbocycles. The van der Waals surface area contributed by atoms with E-state index in [-0.39, 0.29) is 11.4 Å². The van der Waals surface area contributed by atoms with E-state index in [9.17, 15) is 14.7 Å². The lowest BCUT2D eigenvalue weighted by atomic mass is 9.92. The molecule has 2 aliphatic rings. The Morgan fingerprint density at radius 1 is 1.42 bits per heavy atom. The Hall–Kier alpha value is -0.910. The second-order valence-corrected chi connectivity index (χ2v) is 6.53. The molecule has 1 aliphatic heterocycles. The van der Waals surface area contributed by atoms with E-state index in [1.165, 1.54) is 0 Å². The lowest BCUT2D eigenvalue weighted by molar-refractivity contribution is -0.141. The number of hydrogen-bond acceptors (Lipinski definition) is 3. The minimum atomic E-state index is -0.888. The number of carboxylic acid groups (broad SMARTS) is 1. The highest BCUT2D eigenvalue weighted by atomic mass is 32.2. The monoisotopic (exact) mass is 286 g/mol. The first-order chi connectivity index (χ1) is 9.06. The maximum absolute atomic E-state index is 12.6. The molecule has 0 aromatic rings. The lowest BCUT2D eigenvalue weighted by Gasteiger charge is -2.39. The van der Waals surface area contributed by atoms with Gasteiger partial charge in [-0.05, 0) is 25.7 Å². The molecule has 1 saturated carbocycles. The van der Waals surface area contributed by atoms with Crippen molar-refractivity contribution in [1.82, 2.24) is 9.80 Å². The smallest absolute Gasteiger partial charge is 0.327 e. The number of rotatable bonds is 4. The number of carboxylic acids is 1. The third-order valence-electron chi connectivity index (χ3n) is 4.06. The van der Waals surface area contributed by atoms with Crippen LogP contribution in [0.15, 0.2) is 0 Å². The maximum Gasteiger partial charge on any atom is 0.327 e. The van der Waals surface area contributed by atoms with Crippen LogP contribution in [-0.2, 0) is 4.79 Å². The number of nitrogens with zero attached hydrogens (tertiary/aromatic N) is 2. The molecule has 108 valence electrons. The predicted molar refractivity (Wildman–Crippen MR) is 75.2 cm³/mol. The van der Waals surface area contributed by atoms with Crippen LogP contribution in [0.4, 0.5) is 4.79 Å². The first-order valence-electron chi connectivity index (χ1n) is 6.95. The summed E-state index contributed by atoms with van der Waals surface area (Å²) in [5.74, 6) is -0.383. The molecule has 19 heavy (non-hydrogen) atoms. The normalized spacial score (nSPS) is 27.2. The Morgan fingerprint density at radius 2 is 2.11 bits per heavy atom. The summed E-state index contributed by atoms with van der Waals surface area (Å²) < 4.78 is 0. The third kappa shape index (κ3) is 2.83. The van der Waals surface area contributed by atoms with Crippen molar-refractivity contribution in [3.05, 3.63) is 0 Å². The van der Waals surface area contributed by atoms with Gasteiger partial charge in [0.05, 0.1) is 5.37 Å². The zero-order valence-corrected chi connectivity index (χ0v) is 12.4. The first-order valence-corrected chi connectivity index (χ1v) is 8.00. The minimum Gasteiger partial charge on any atom is -0.480 e. The van der Waals surface area contributed by atoms with Gasteiger partial charge < -0.3 is 10.0 Å². The van der Waals surface area contributed by atoms with E-state index in [1.807, 2.05) is 0 Å². The van der Waals surface area contributed by atoms with Crippen LogP contribution in [0.5, 0.6) is 0 Å². The van der Waals surface area contributed by atoms with E-state index in [1.54, 1.807) is 28.6 Å². The van der Waals surface area contributed by atoms with Crippen LogP contribution >= 0.6 is 11.8 Å². The van der Waals surface area contributed by atoms with Crippen LogP contribution in [0, 0.1) is 0 Å². The van der Waals surface area contributed by atoms with Gasteiger partial charge >= 0.3 is 12.0 Å². The van der Waals surface area contributed by atoms with Crippen molar-refractivity contribution >= 4 is 23.8 Å². The fraction of sp³-hybridized carbons (Fsp3) is 0.846. The fourth-order valence-electron chi connectivity index (χ4n) is 2.59. The van der Waals surface area contributed by atoms with Gasteiger partial charge in [-0.25, -0.2) is 9.59 Å². The van der Waals surface area contributed by atoms with Crippen molar-refractivity contribution in [1.29, 1.82) is 0 Å². The van der Waals surface area contributed by atoms with E-state index in [0.717, 1.165) is 32.1 Å². The summed E-state index contributed by atoms with van der Waals surface area (Å²) in [5.41, 5.74) is 0. The second-order valence-electron chi connectivity index (χ2n) is 5.32. The van der Waals surface area contributed by atoms with Crippen molar-refractivity contribution in [3.8, 4) is 0 Å². The zero-order chi connectivity index (χ0) is 14.0. The molecule has 2 unspecified atom stereocenters. The van der Waals surface area contributed by atoms with Crippen LogP contribution in [0.25, 0.3) is 0 Å². The second kappa shape index (κ2) is 6.03. The molecule has 2 rings (SSSR count). The topological polar surface area (TPSA) is 60.9 Å². The van der Waals surface area contributed by atoms with Gasteiger partial charge in [-0.2, -0.15) is 0 Å². The maximum atomic E-state index is 12.6. The summed E-state index contributed by atoms with van der Waals surface area (Å²) >= 11 is 1.59. The van der Waals surface area contributed by atoms with Crippen molar-refractivity contribution in [2.45, 2.75) is 56.5 Å². The number of thioether (sulfide) groups is 1. The van der Waals surface area contributed by atoms with Crippen molar-refractivity contribution in [3.63, 3.8) is 0 Å². The van der Waals surface area contributed by atoms with E-state index in [4.69, 9.17) is 0 Å². The molecule has 2 amide bonds. The highest BCUT2D eigenvalue weighted by Gasteiger charge is 2.43. The van der Waals surface area contributed by atoms with Gasteiger partial charge in [0.15, 0.2) is 0 Å².